The van der Waals surface area contributed by atoms with E-state index in [1.807, 2.05) is 37.9 Å². The first kappa shape index (κ1) is 27.7. The monoisotopic (exact) mass is 470 g/mol. The van der Waals surface area contributed by atoms with Crippen molar-refractivity contribution in [3.8, 4) is 0 Å². The lowest BCUT2D eigenvalue weighted by Crippen LogP contribution is -2.46. The molecule has 0 radical (unpaired) electrons. The normalized spacial score (nSPS) is 13.6. The molecule has 1 aromatic carbocycles. The molecule has 0 N–H and O–H groups in total. The maximum atomic E-state index is 13.8. The van der Waals surface area contributed by atoms with Crippen LogP contribution in [0.25, 0.3) is 0 Å². The summed E-state index contributed by atoms with van der Waals surface area (Å²) in [5.74, 6) is -0.568. The van der Waals surface area contributed by atoms with E-state index in [2.05, 4.69) is 18.7 Å². The van der Waals surface area contributed by atoms with E-state index in [0.29, 0.717) is 36.5 Å². The fourth-order valence-corrected chi connectivity index (χ4v) is 4.15. The van der Waals surface area contributed by atoms with Crippen molar-refractivity contribution in [3.05, 3.63) is 46.8 Å². The van der Waals surface area contributed by atoms with E-state index >= 15 is 0 Å². The second kappa shape index (κ2) is 13.4. The van der Waals surface area contributed by atoms with Gasteiger partial charge in [-0.05, 0) is 40.9 Å². The van der Waals surface area contributed by atoms with E-state index in [0.717, 1.165) is 38.8 Å². The zero-order valence-corrected chi connectivity index (χ0v) is 21.9. The van der Waals surface area contributed by atoms with Crippen LogP contribution >= 0.6 is 0 Å². The van der Waals surface area contributed by atoms with Crippen LogP contribution in [0.2, 0.25) is 0 Å². The largest absolute Gasteiger partial charge is 0.367 e. The van der Waals surface area contributed by atoms with E-state index in [9.17, 15) is 14.4 Å². The molecular formula is C27H42N4O3. The number of likely N-dealkylation sites (N-methyl/N-ethyl adjacent to an activating group) is 3. The average molecular weight is 471 g/mol. The number of nitrogens with zero attached hydrogens (tertiary/aromatic N) is 4. The third kappa shape index (κ3) is 6.76. The van der Waals surface area contributed by atoms with Crippen molar-refractivity contribution in [1.29, 1.82) is 0 Å². The Morgan fingerprint density at radius 2 is 1.29 bits per heavy atom. The highest BCUT2D eigenvalue weighted by atomic mass is 16.2. The minimum atomic E-state index is -0.241. The van der Waals surface area contributed by atoms with Gasteiger partial charge in [0.25, 0.3) is 0 Å². The van der Waals surface area contributed by atoms with Crippen LogP contribution in [-0.2, 0) is 4.79 Å². The zero-order valence-electron chi connectivity index (χ0n) is 21.9. The Hall–Kier alpha value is -2.51. The molecular weight excluding hydrogens is 428 g/mol. The lowest BCUT2D eigenvalue weighted by Gasteiger charge is -2.35. The first-order chi connectivity index (χ1) is 16.3. The highest BCUT2D eigenvalue weighted by molar-refractivity contribution is 6.27. The Labute approximate surface area is 205 Å². The molecule has 1 amide bonds. The number of rotatable bonds is 14. The predicted octanol–water partition coefficient (Wildman–Crippen LogP) is 3.52. The van der Waals surface area contributed by atoms with Gasteiger partial charge in [0, 0.05) is 43.9 Å². The van der Waals surface area contributed by atoms with Crippen LogP contribution in [0.5, 0.6) is 0 Å². The van der Waals surface area contributed by atoms with Crippen molar-refractivity contribution < 1.29 is 14.4 Å². The van der Waals surface area contributed by atoms with Gasteiger partial charge in [0.05, 0.1) is 6.54 Å². The molecule has 0 saturated heterocycles. The highest BCUT2D eigenvalue weighted by Crippen LogP contribution is 2.31. The first-order valence-corrected chi connectivity index (χ1v) is 12.6. The van der Waals surface area contributed by atoms with Gasteiger partial charge >= 0.3 is 0 Å². The summed E-state index contributed by atoms with van der Waals surface area (Å²) in [5.41, 5.74) is 1.43. The van der Waals surface area contributed by atoms with Gasteiger partial charge in [-0.2, -0.15) is 0 Å². The van der Waals surface area contributed by atoms with Crippen LogP contribution in [0.4, 0.5) is 0 Å². The van der Waals surface area contributed by atoms with Gasteiger partial charge in [-0.1, -0.05) is 51.0 Å². The predicted molar refractivity (Wildman–Crippen MR) is 137 cm³/mol. The molecule has 34 heavy (non-hydrogen) atoms. The number of fused-ring (bicyclic) bond motifs is 1. The minimum Gasteiger partial charge on any atom is -0.367 e. The van der Waals surface area contributed by atoms with Crippen LogP contribution in [-0.4, -0.2) is 97.5 Å². The van der Waals surface area contributed by atoms with Gasteiger partial charge in [0.2, 0.25) is 17.5 Å². The van der Waals surface area contributed by atoms with Gasteiger partial charge in [0.15, 0.2) is 0 Å². The number of ketones is 2. The molecule has 0 atom stereocenters. The Balaban J connectivity index is 2.54. The maximum absolute atomic E-state index is 13.8. The van der Waals surface area contributed by atoms with Gasteiger partial charge < -0.3 is 14.7 Å². The van der Waals surface area contributed by atoms with Crippen LogP contribution in [0, 0.1) is 0 Å². The third-order valence-electron chi connectivity index (χ3n) is 6.17. The lowest BCUT2D eigenvalue weighted by molar-refractivity contribution is -0.130. The minimum absolute atomic E-state index is 0.162. The summed E-state index contributed by atoms with van der Waals surface area (Å²) in [4.78, 5) is 48.6. The Morgan fingerprint density at radius 1 is 0.765 bits per heavy atom. The number of hydrogen-bond acceptors (Lipinski definition) is 6. The summed E-state index contributed by atoms with van der Waals surface area (Å²) in [6.45, 7) is 9.54. The number of unbranched alkanes of at least 4 members (excludes halogenated alkanes) is 2. The highest BCUT2D eigenvalue weighted by Gasteiger charge is 2.39. The van der Waals surface area contributed by atoms with Crippen molar-refractivity contribution in [3.63, 3.8) is 0 Å². The summed E-state index contributed by atoms with van der Waals surface area (Å²) in [6, 6.07) is 6.97. The standard InChI is InChI=1S/C27H42N4O3/c1-7-10-16-30(17-11-8-2)24-25(27(34)22-15-13-12-14-21(22)26(24)33)31(9-3)23(32)20-29(6)19-18-28(4)5/h12-15H,7-11,16-20H2,1-6H3. The zero-order chi connectivity index (χ0) is 25.3. The molecule has 1 aliphatic carbocycles. The Bertz CT molecular complexity index is 886. The smallest absolute Gasteiger partial charge is 0.241 e. The molecule has 188 valence electrons. The second-order valence-corrected chi connectivity index (χ2v) is 9.27. The van der Waals surface area contributed by atoms with Gasteiger partial charge in [-0.15, -0.1) is 0 Å². The van der Waals surface area contributed by atoms with Crippen LogP contribution in [0.1, 0.15) is 67.2 Å². The molecule has 7 nitrogen and oxygen atoms in total. The summed E-state index contributed by atoms with van der Waals surface area (Å²) in [7, 11) is 5.90. The van der Waals surface area contributed by atoms with Crippen LogP contribution in [0.15, 0.2) is 35.7 Å². The van der Waals surface area contributed by atoms with Crippen LogP contribution in [0.3, 0.4) is 0 Å². The summed E-state index contributed by atoms with van der Waals surface area (Å²) >= 11 is 0. The molecule has 0 aliphatic heterocycles. The SMILES string of the molecule is CCCCN(CCCC)C1=C(N(CC)C(=O)CN(C)CCN(C)C)C(=O)c2ccccc2C1=O. The van der Waals surface area contributed by atoms with Gasteiger partial charge in [0.1, 0.15) is 11.4 Å². The number of amides is 1. The second-order valence-electron chi connectivity index (χ2n) is 9.27. The molecule has 0 heterocycles. The van der Waals surface area contributed by atoms with E-state index in [1.54, 1.807) is 24.3 Å². The first-order valence-electron chi connectivity index (χ1n) is 12.6. The number of carbonyl (C=O) groups is 3. The molecule has 7 heteroatoms. The fraction of sp³-hybridized carbons (Fsp3) is 0.593. The molecule has 2 rings (SSSR count). The van der Waals surface area contributed by atoms with E-state index in [4.69, 9.17) is 0 Å². The Kier molecular flexibility index (Phi) is 10.9. The quantitative estimate of drug-likeness (QED) is 0.415. The molecule has 0 saturated carbocycles. The molecule has 0 fully saturated rings. The van der Waals surface area contributed by atoms with E-state index < -0.39 is 0 Å². The molecule has 1 aromatic rings. The van der Waals surface area contributed by atoms with Crippen molar-refractivity contribution in [2.45, 2.75) is 46.5 Å². The summed E-state index contributed by atoms with van der Waals surface area (Å²) in [5, 5.41) is 0. The van der Waals surface area contributed by atoms with E-state index in [1.165, 1.54) is 4.90 Å². The third-order valence-corrected chi connectivity index (χ3v) is 6.17. The van der Waals surface area contributed by atoms with Crippen molar-refractivity contribution in [2.75, 3.05) is 60.4 Å². The number of benzene rings is 1. The lowest BCUT2D eigenvalue weighted by atomic mass is 9.88. The van der Waals surface area contributed by atoms with Gasteiger partial charge in [-0.25, -0.2) is 0 Å². The molecule has 0 spiro atoms. The summed E-state index contributed by atoms with van der Waals surface area (Å²) < 4.78 is 0. The molecule has 1 aliphatic rings. The molecule has 0 bridgehead atoms. The topological polar surface area (TPSA) is 64.2 Å². The van der Waals surface area contributed by atoms with Crippen molar-refractivity contribution in [1.82, 2.24) is 19.6 Å². The van der Waals surface area contributed by atoms with Crippen molar-refractivity contribution >= 4 is 17.5 Å². The molecule has 0 aromatic heterocycles. The number of hydrogen-bond donors (Lipinski definition) is 0. The Morgan fingerprint density at radius 3 is 1.76 bits per heavy atom. The van der Waals surface area contributed by atoms with Crippen molar-refractivity contribution in [2.24, 2.45) is 0 Å². The average Bonchev–Trinajstić information content (AvgIpc) is 2.82. The van der Waals surface area contributed by atoms with Crippen LogP contribution < -0.4 is 0 Å². The molecule has 0 unspecified atom stereocenters. The van der Waals surface area contributed by atoms with Gasteiger partial charge in [-0.3, -0.25) is 19.3 Å². The van der Waals surface area contributed by atoms with E-state index in [-0.39, 0.29) is 29.7 Å². The number of Topliss-reactive ketones (excluding diaryl/α,β-unsaturated/α-hetero) is 2. The number of carbonyl (C=O) groups excluding carboxylic acids is 3. The summed E-state index contributed by atoms with van der Waals surface area (Å²) in [6.07, 6.45) is 3.79. The fourth-order valence-electron chi connectivity index (χ4n) is 4.15. The number of allylic oxidation sites excluding steroid dienone is 2. The maximum Gasteiger partial charge on any atom is 0.241 e.